The molecule has 0 unspecified atom stereocenters. The Morgan fingerprint density at radius 2 is 2.07 bits per heavy atom. The monoisotopic (exact) mass is 406 g/mol. The summed E-state index contributed by atoms with van der Waals surface area (Å²) in [5, 5.41) is 9.64. The van der Waals surface area contributed by atoms with Gasteiger partial charge in [0.05, 0.1) is 6.61 Å². The van der Waals surface area contributed by atoms with E-state index in [2.05, 4.69) is 11.8 Å². The van der Waals surface area contributed by atoms with Crippen LogP contribution in [0.4, 0.5) is 0 Å². The Morgan fingerprint density at radius 3 is 2.68 bits per heavy atom. The van der Waals surface area contributed by atoms with Gasteiger partial charge in [0.15, 0.2) is 0 Å². The van der Waals surface area contributed by atoms with Crippen LogP contribution in [0.25, 0.3) is 0 Å². The highest BCUT2D eigenvalue weighted by atomic mass is 32.2. The van der Waals surface area contributed by atoms with Gasteiger partial charge in [0.25, 0.3) is 0 Å². The topological polar surface area (TPSA) is 70.1 Å². The molecule has 0 radical (unpaired) electrons. The lowest BCUT2D eigenvalue weighted by molar-refractivity contribution is 0.0812. The van der Waals surface area contributed by atoms with Gasteiger partial charge in [-0.15, -0.1) is 0 Å². The Kier molecular flexibility index (Phi) is 6.35. The van der Waals surface area contributed by atoms with Crippen molar-refractivity contribution in [2.75, 3.05) is 33.8 Å². The molecule has 1 aromatic rings. The van der Waals surface area contributed by atoms with Crippen molar-refractivity contribution in [1.82, 2.24) is 9.21 Å². The fraction of sp³-hybridized carbons (Fsp3) is 0.619. The highest BCUT2D eigenvalue weighted by Gasteiger charge is 2.37. The van der Waals surface area contributed by atoms with Crippen LogP contribution in [0.2, 0.25) is 0 Å². The second-order valence-electron chi connectivity index (χ2n) is 8.21. The molecule has 1 aromatic carbocycles. The normalized spacial score (nSPS) is 25.6. The average Bonchev–Trinajstić information content (AvgIpc) is 3.46. The van der Waals surface area contributed by atoms with E-state index < -0.39 is 16.1 Å². The molecular weight excluding hydrogens is 376 g/mol. The number of nitrogens with zero attached hydrogens (tertiary/aromatic N) is 2. The average molecular weight is 407 g/mol. The highest BCUT2D eigenvalue weighted by molar-refractivity contribution is 7.89. The van der Waals surface area contributed by atoms with E-state index in [9.17, 15) is 13.5 Å². The summed E-state index contributed by atoms with van der Waals surface area (Å²) in [6, 6.07) is 4.56. The number of aliphatic hydroxyl groups is 1. The Labute approximate surface area is 168 Å². The summed E-state index contributed by atoms with van der Waals surface area (Å²) >= 11 is 0. The Morgan fingerprint density at radius 1 is 1.36 bits per heavy atom. The van der Waals surface area contributed by atoms with Crippen LogP contribution in [-0.4, -0.2) is 68.7 Å². The zero-order valence-corrected chi connectivity index (χ0v) is 17.9. The molecule has 0 spiro atoms. The van der Waals surface area contributed by atoms with Gasteiger partial charge in [0.2, 0.25) is 10.0 Å². The Balaban J connectivity index is 2.07. The fourth-order valence-corrected chi connectivity index (χ4v) is 5.12. The van der Waals surface area contributed by atoms with Crippen LogP contribution in [-0.2, 0) is 10.0 Å². The van der Waals surface area contributed by atoms with E-state index in [1.165, 1.54) is 4.31 Å². The quantitative estimate of drug-likeness (QED) is 0.772. The lowest BCUT2D eigenvalue weighted by atomic mass is 10.0. The predicted octanol–water partition coefficient (Wildman–Crippen LogP) is 1.78. The van der Waals surface area contributed by atoms with Gasteiger partial charge in [0, 0.05) is 36.5 Å². The number of hydrogen-bond donors (Lipinski definition) is 1. The van der Waals surface area contributed by atoms with Crippen LogP contribution < -0.4 is 4.74 Å². The van der Waals surface area contributed by atoms with Gasteiger partial charge in [0.1, 0.15) is 16.7 Å². The first-order valence-electron chi connectivity index (χ1n) is 9.82. The van der Waals surface area contributed by atoms with Gasteiger partial charge in [-0.05, 0) is 52.1 Å². The second-order valence-corrected chi connectivity index (χ2v) is 10.1. The molecule has 0 aromatic heterocycles. The molecule has 0 bridgehead atoms. The van der Waals surface area contributed by atoms with Crippen molar-refractivity contribution in [2.45, 2.75) is 43.7 Å². The number of benzene rings is 1. The lowest BCUT2D eigenvalue weighted by Crippen LogP contribution is -2.49. The third-order valence-corrected chi connectivity index (χ3v) is 7.23. The molecule has 6 nitrogen and oxygen atoms in total. The van der Waals surface area contributed by atoms with Crippen LogP contribution in [0.3, 0.4) is 0 Å². The molecule has 1 N–H and O–H groups in total. The fourth-order valence-electron chi connectivity index (χ4n) is 3.29. The third kappa shape index (κ3) is 4.69. The summed E-state index contributed by atoms with van der Waals surface area (Å²) in [6.45, 7) is 4.45. The maximum Gasteiger partial charge on any atom is 0.247 e. The number of fused-ring (bicyclic) bond motifs is 1. The van der Waals surface area contributed by atoms with Crippen LogP contribution >= 0.6 is 0 Å². The van der Waals surface area contributed by atoms with E-state index >= 15 is 0 Å². The molecule has 7 heteroatoms. The van der Waals surface area contributed by atoms with E-state index in [0.29, 0.717) is 24.8 Å². The predicted molar refractivity (Wildman–Crippen MR) is 109 cm³/mol. The van der Waals surface area contributed by atoms with Crippen LogP contribution in [0.15, 0.2) is 23.1 Å². The molecule has 1 aliphatic carbocycles. The zero-order valence-electron chi connectivity index (χ0n) is 17.1. The molecule has 2 aliphatic rings. The van der Waals surface area contributed by atoms with Gasteiger partial charge in [-0.25, -0.2) is 8.42 Å². The van der Waals surface area contributed by atoms with Crippen LogP contribution in [0.1, 0.15) is 32.3 Å². The molecule has 28 heavy (non-hydrogen) atoms. The maximum absolute atomic E-state index is 13.3. The van der Waals surface area contributed by atoms with Crippen molar-refractivity contribution in [3.05, 3.63) is 23.8 Å². The first-order chi connectivity index (χ1) is 13.2. The number of ether oxygens (including phenoxy) is 1. The zero-order chi connectivity index (χ0) is 20.5. The maximum atomic E-state index is 13.3. The Hall–Kier alpha value is -1.59. The molecule has 1 saturated carbocycles. The molecule has 1 heterocycles. The van der Waals surface area contributed by atoms with Gasteiger partial charge >= 0.3 is 0 Å². The number of hydrogen-bond acceptors (Lipinski definition) is 5. The standard InChI is InChI=1S/C21H30N2O4S/c1-15-12-23(16(2)14-24)28(25,26)21-10-9-18(8-7-17-5-6-17)11-19(21)27-20(15)13-22(3)4/h9-11,15-17,20,24H,5-6,12-14H2,1-4H3/t15-,16+,20+/m0/s1. The molecule has 0 saturated heterocycles. The van der Waals surface area contributed by atoms with Gasteiger partial charge in [-0.2, -0.15) is 4.31 Å². The molecular formula is C21H30N2O4S. The largest absolute Gasteiger partial charge is 0.487 e. The minimum absolute atomic E-state index is 0.0412. The number of aliphatic hydroxyl groups excluding tert-OH is 1. The minimum Gasteiger partial charge on any atom is -0.487 e. The van der Waals surface area contributed by atoms with Gasteiger partial charge in [-0.1, -0.05) is 18.8 Å². The summed E-state index contributed by atoms with van der Waals surface area (Å²) in [6.07, 6.45) is 2.10. The third-order valence-electron chi connectivity index (χ3n) is 5.21. The van der Waals surface area contributed by atoms with Crippen molar-refractivity contribution >= 4 is 10.0 Å². The summed E-state index contributed by atoms with van der Waals surface area (Å²) in [7, 11) is 0.153. The SMILES string of the molecule is C[C@H](CO)N1C[C@H](C)[C@@H](CN(C)C)Oc2cc(C#CC3CC3)ccc2S1(=O)=O. The van der Waals surface area contributed by atoms with E-state index in [1.54, 1.807) is 25.1 Å². The first kappa shape index (κ1) is 21.1. The van der Waals surface area contributed by atoms with E-state index in [0.717, 1.165) is 18.4 Å². The van der Waals surface area contributed by atoms with Crippen molar-refractivity contribution in [2.24, 2.45) is 11.8 Å². The number of rotatable bonds is 4. The molecule has 3 rings (SSSR count). The number of sulfonamides is 1. The van der Waals surface area contributed by atoms with Crippen LogP contribution in [0, 0.1) is 23.7 Å². The van der Waals surface area contributed by atoms with E-state index in [1.807, 2.05) is 25.9 Å². The molecule has 1 aliphatic heterocycles. The molecule has 154 valence electrons. The Bertz CT molecular complexity index is 868. The van der Waals surface area contributed by atoms with E-state index in [4.69, 9.17) is 4.74 Å². The summed E-state index contributed by atoms with van der Waals surface area (Å²) < 4.78 is 34.3. The van der Waals surface area contributed by atoms with Crippen molar-refractivity contribution in [3.63, 3.8) is 0 Å². The summed E-state index contributed by atoms with van der Waals surface area (Å²) in [5.74, 6) is 7.12. The smallest absolute Gasteiger partial charge is 0.247 e. The minimum atomic E-state index is -3.79. The summed E-state index contributed by atoms with van der Waals surface area (Å²) in [4.78, 5) is 2.17. The van der Waals surface area contributed by atoms with Gasteiger partial charge in [-0.3, -0.25) is 0 Å². The van der Waals surface area contributed by atoms with Crippen molar-refractivity contribution in [3.8, 4) is 17.6 Å². The van der Waals surface area contributed by atoms with Crippen LogP contribution in [0.5, 0.6) is 5.75 Å². The summed E-state index contributed by atoms with van der Waals surface area (Å²) in [5.41, 5.74) is 0.763. The molecule has 1 fully saturated rings. The van der Waals surface area contributed by atoms with Crippen molar-refractivity contribution < 1.29 is 18.3 Å². The van der Waals surface area contributed by atoms with Gasteiger partial charge < -0.3 is 14.7 Å². The highest BCUT2D eigenvalue weighted by Crippen LogP contribution is 2.34. The first-order valence-corrected chi connectivity index (χ1v) is 11.3. The second kappa shape index (κ2) is 8.42. The lowest BCUT2D eigenvalue weighted by Gasteiger charge is -2.37. The molecule has 0 amide bonds. The number of likely N-dealkylation sites (N-methyl/N-ethyl adjacent to an activating group) is 1. The molecule has 3 atom stereocenters. The van der Waals surface area contributed by atoms with Crippen molar-refractivity contribution in [1.29, 1.82) is 0 Å². The van der Waals surface area contributed by atoms with E-state index in [-0.39, 0.29) is 23.5 Å².